The second-order valence-corrected chi connectivity index (χ2v) is 13.1. The molecule has 0 unspecified atom stereocenters. The fourth-order valence-corrected chi connectivity index (χ4v) is 6.74. The van der Waals surface area contributed by atoms with Gasteiger partial charge in [0.1, 0.15) is 11.4 Å². The molecule has 5 N–H and O–H groups in total. The molecular formula is C37H39N5O6S. The number of nitrogens with one attached hydrogen (secondary N) is 3. The van der Waals surface area contributed by atoms with E-state index in [2.05, 4.69) is 20.9 Å². The highest BCUT2D eigenvalue weighted by Crippen LogP contribution is 2.43. The van der Waals surface area contributed by atoms with Gasteiger partial charge in [0.25, 0.3) is 11.8 Å². The number of pyridine rings is 1. The summed E-state index contributed by atoms with van der Waals surface area (Å²) in [7, 11) is 1.23. The lowest BCUT2D eigenvalue weighted by Crippen LogP contribution is -2.27. The molecule has 254 valence electrons. The number of hydrogen-bond acceptors (Lipinski definition) is 9. The van der Waals surface area contributed by atoms with Gasteiger partial charge in [0, 0.05) is 58.9 Å². The number of hydrogen-bond donors (Lipinski definition) is 4. The van der Waals surface area contributed by atoms with Crippen LogP contribution >= 0.6 is 11.3 Å². The highest BCUT2D eigenvalue weighted by Gasteiger charge is 2.28. The number of methoxy groups -OCH3 is 1. The molecule has 0 bridgehead atoms. The van der Waals surface area contributed by atoms with Crippen LogP contribution in [0.25, 0.3) is 21.6 Å². The molecule has 2 aromatic carbocycles. The Bertz CT molecular complexity index is 1920. The Kier molecular flexibility index (Phi) is 10.4. The number of aromatic nitrogens is 1. The summed E-state index contributed by atoms with van der Waals surface area (Å²) in [5.41, 5.74) is 10.5. The number of fused-ring (bicyclic) bond motifs is 3. The van der Waals surface area contributed by atoms with E-state index in [4.69, 9.17) is 15.2 Å². The van der Waals surface area contributed by atoms with E-state index in [-0.39, 0.29) is 35.8 Å². The average Bonchev–Trinajstić information content (AvgIpc) is 3.88. The number of carbonyl (C=O) groups excluding carboxylic acids is 4. The summed E-state index contributed by atoms with van der Waals surface area (Å²) in [6, 6.07) is 14.1. The van der Waals surface area contributed by atoms with Gasteiger partial charge in [-0.2, -0.15) is 0 Å². The van der Waals surface area contributed by atoms with Crippen LogP contribution in [0.1, 0.15) is 74.2 Å². The van der Waals surface area contributed by atoms with Crippen LogP contribution < -0.4 is 26.4 Å². The van der Waals surface area contributed by atoms with Crippen molar-refractivity contribution in [2.45, 2.75) is 45.6 Å². The van der Waals surface area contributed by atoms with Crippen LogP contribution in [0.4, 0.5) is 5.69 Å². The maximum Gasteiger partial charge on any atom is 0.357 e. The molecule has 0 radical (unpaired) electrons. The van der Waals surface area contributed by atoms with E-state index < -0.39 is 17.8 Å². The SMILES string of the molecule is CCCNC(=O)c1ccc(-c2cc3c(cc2C(=O)Nc2ccc(CN)cc2CC(=O)NCC2CC2)-c2sccc2CCO3)c(C(=O)OC)n1. The van der Waals surface area contributed by atoms with Crippen LogP contribution in [0.15, 0.2) is 53.9 Å². The summed E-state index contributed by atoms with van der Waals surface area (Å²) in [4.78, 5) is 58.7. The number of anilines is 1. The Hall–Kier alpha value is -5.07. The van der Waals surface area contributed by atoms with Crippen molar-refractivity contribution in [1.82, 2.24) is 15.6 Å². The first-order valence-corrected chi connectivity index (χ1v) is 17.3. The zero-order chi connectivity index (χ0) is 34.5. The molecule has 1 fully saturated rings. The predicted octanol–water partition coefficient (Wildman–Crippen LogP) is 5.12. The first-order chi connectivity index (χ1) is 23.8. The normalized spacial score (nSPS) is 13.3. The van der Waals surface area contributed by atoms with E-state index in [1.165, 1.54) is 13.2 Å². The van der Waals surface area contributed by atoms with Crippen LogP contribution in [-0.4, -0.2) is 55.5 Å². The molecule has 6 rings (SSSR count). The molecule has 2 aromatic heterocycles. The molecule has 12 heteroatoms. The van der Waals surface area contributed by atoms with Crippen LogP contribution in [0, 0.1) is 5.92 Å². The smallest absolute Gasteiger partial charge is 0.357 e. The summed E-state index contributed by atoms with van der Waals surface area (Å²) < 4.78 is 11.3. The fraction of sp³-hybridized carbons (Fsp3) is 0.324. The molecule has 0 atom stereocenters. The van der Waals surface area contributed by atoms with Crippen molar-refractivity contribution in [1.29, 1.82) is 0 Å². The van der Waals surface area contributed by atoms with Crippen molar-refractivity contribution in [3.8, 4) is 27.3 Å². The average molecular weight is 682 g/mol. The Labute approximate surface area is 288 Å². The van der Waals surface area contributed by atoms with Gasteiger partial charge in [0.2, 0.25) is 5.91 Å². The molecule has 4 aromatic rings. The Balaban J connectivity index is 1.44. The highest BCUT2D eigenvalue weighted by molar-refractivity contribution is 7.13. The molecule has 49 heavy (non-hydrogen) atoms. The molecule has 0 saturated heterocycles. The van der Waals surface area contributed by atoms with Crippen LogP contribution in [-0.2, 0) is 28.9 Å². The lowest BCUT2D eigenvalue weighted by atomic mass is 9.93. The van der Waals surface area contributed by atoms with Crippen LogP contribution in [0.2, 0.25) is 0 Å². The molecule has 11 nitrogen and oxygen atoms in total. The molecule has 3 amide bonds. The Morgan fingerprint density at radius 2 is 1.84 bits per heavy atom. The molecule has 3 heterocycles. The van der Waals surface area contributed by atoms with Crippen LogP contribution in [0.3, 0.4) is 0 Å². The van der Waals surface area contributed by atoms with Crippen LogP contribution in [0.5, 0.6) is 5.75 Å². The van der Waals surface area contributed by atoms with E-state index in [9.17, 15) is 19.2 Å². The summed E-state index contributed by atoms with van der Waals surface area (Å²) in [6.07, 6.45) is 3.73. The van der Waals surface area contributed by atoms with E-state index in [1.54, 1.807) is 35.6 Å². The van der Waals surface area contributed by atoms with Gasteiger partial charge in [-0.25, -0.2) is 9.78 Å². The molecule has 1 aliphatic heterocycles. The van der Waals surface area contributed by atoms with Crippen molar-refractivity contribution in [3.63, 3.8) is 0 Å². The number of amides is 3. The quantitative estimate of drug-likeness (QED) is 0.150. The zero-order valence-corrected chi connectivity index (χ0v) is 28.3. The number of benzene rings is 2. The first-order valence-electron chi connectivity index (χ1n) is 16.4. The summed E-state index contributed by atoms with van der Waals surface area (Å²) >= 11 is 1.56. The van der Waals surface area contributed by atoms with Gasteiger partial charge in [0.05, 0.1) is 20.1 Å². The minimum absolute atomic E-state index is 0.0439. The van der Waals surface area contributed by atoms with Crippen molar-refractivity contribution < 1.29 is 28.7 Å². The van der Waals surface area contributed by atoms with E-state index in [0.29, 0.717) is 60.2 Å². The maximum absolute atomic E-state index is 14.4. The Morgan fingerprint density at radius 3 is 2.59 bits per heavy atom. The van der Waals surface area contributed by atoms with Gasteiger partial charge in [0.15, 0.2) is 5.69 Å². The third-order valence-electron chi connectivity index (χ3n) is 8.61. The van der Waals surface area contributed by atoms with E-state index in [1.807, 2.05) is 30.5 Å². The molecule has 0 spiro atoms. The highest BCUT2D eigenvalue weighted by atomic mass is 32.1. The van der Waals surface area contributed by atoms with Gasteiger partial charge in [-0.3, -0.25) is 14.4 Å². The second-order valence-electron chi connectivity index (χ2n) is 12.2. The van der Waals surface area contributed by atoms with Crippen molar-refractivity contribution in [2.75, 3.05) is 32.1 Å². The predicted molar refractivity (Wildman–Crippen MR) is 188 cm³/mol. The number of ether oxygens (including phenoxy) is 2. The number of nitrogens with zero attached hydrogens (tertiary/aromatic N) is 1. The monoisotopic (exact) mass is 681 g/mol. The summed E-state index contributed by atoms with van der Waals surface area (Å²) in [5.74, 6) is -0.723. The van der Waals surface area contributed by atoms with Gasteiger partial charge in [-0.15, -0.1) is 11.3 Å². The second kappa shape index (κ2) is 15.0. The number of nitrogens with two attached hydrogens (primary N) is 1. The van der Waals surface area contributed by atoms with Crippen molar-refractivity contribution in [2.24, 2.45) is 11.7 Å². The third-order valence-corrected chi connectivity index (χ3v) is 9.60. The van der Waals surface area contributed by atoms with E-state index in [0.717, 1.165) is 40.8 Å². The number of esters is 1. The molecule has 2 aliphatic rings. The van der Waals surface area contributed by atoms with Crippen molar-refractivity contribution in [3.05, 3.63) is 87.6 Å². The van der Waals surface area contributed by atoms with E-state index >= 15 is 0 Å². The minimum atomic E-state index is -0.764. The number of carbonyl (C=O) groups is 4. The number of thiophene rings is 1. The molecular weight excluding hydrogens is 643 g/mol. The topological polar surface area (TPSA) is 162 Å². The lowest BCUT2D eigenvalue weighted by Gasteiger charge is -2.18. The van der Waals surface area contributed by atoms with Gasteiger partial charge >= 0.3 is 5.97 Å². The summed E-state index contributed by atoms with van der Waals surface area (Å²) in [5, 5.41) is 10.8. The Morgan fingerprint density at radius 1 is 1.00 bits per heavy atom. The molecule has 1 aliphatic carbocycles. The third kappa shape index (κ3) is 7.65. The lowest BCUT2D eigenvalue weighted by molar-refractivity contribution is -0.120. The zero-order valence-electron chi connectivity index (χ0n) is 27.5. The first kappa shape index (κ1) is 33.8. The summed E-state index contributed by atoms with van der Waals surface area (Å²) in [6.45, 7) is 3.72. The van der Waals surface area contributed by atoms with Gasteiger partial charge in [-0.1, -0.05) is 19.1 Å². The minimum Gasteiger partial charge on any atom is -0.493 e. The molecule has 1 saturated carbocycles. The van der Waals surface area contributed by atoms with Gasteiger partial charge < -0.3 is 31.2 Å². The largest absolute Gasteiger partial charge is 0.493 e. The maximum atomic E-state index is 14.4. The van der Waals surface area contributed by atoms with Gasteiger partial charge in [-0.05, 0) is 83.6 Å². The fourth-order valence-electron chi connectivity index (χ4n) is 5.76. The standard InChI is InChI=1S/C37H39N5O6S/c1-3-12-39-36(45)30-9-7-25(33(41-30)37(46)47-2)26-18-31-28(34-23(10-13-48-31)11-14-49-34)17-27(26)35(44)42-29-8-6-22(19-38)15-24(29)16-32(43)40-20-21-4-5-21/h6-9,11,14-15,17-18,21H,3-5,10,12-13,16,19-20,38H2,1-2H3,(H,39,45)(H,40,43)(H,42,44). The number of rotatable bonds is 12. The van der Waals surface area contributed by atoms with Crippen molar-refractivity contribution >= 4 is 40.7 Å².